The first-order valence-electron chi connectivity index (χ1n) is 11.2. The van der Waals surface area contributed by atoms with Crippen molar-refractivity contribution >= 4 is 23.8 Å². The van der Waals surface area contributed by atoms with Crippen LogP contribution in [0, 0.1) is 11.8 Å². The fourth-order valence-corrected chi connectivity index (χ4v) is 3.24. The zero-order valence-electron chi connectivity index (χ0n) is 19.7. The van der Waals surface area contributed by atoms with E-state index in [2.05, 4.69) is 15.6 Å². The van der Waals surface area contributed by atoms with Crippen LogP contribution >= 0.6 is 0 Å². The molecule has 0 unspecified atom stereocenters. The molecule has 0 spiro atoms. The van der Waals surface area contributed by atoms with Crippen molar-refractivity contribution in [2.45, 2.75) is 39.8 Å². The van der Waals surface area contributed by atoms with Gasteiger partial charge in [0, 0.05) is 0 Å². The van der Waals surface area contributed by atoms with Gasteiger partial charge in [0.05, 0.1) is 23.2 Å². The van der Waals surface area contributed by atoms with Gasteiger partial charge in [0.15, 0.2) is 0 Å². The second kappa shape index (κ2) is 10.9. The van der Waals surface area contributed by atoms with Gasteiger partial charge in [-0.25, -0.2) is 14.6 Å². The first kappa shape index (κ1) is 24.9. The van der Waals surface area contributed by atoms with Crippen molar-refractivity contribution in [2.24, 2.45) is 11.8 Å². The Kier molecular flexibility index (Phi) is 7.99. The third kappa shape index (κ3) is 6.18. The first-order chi connectivity index (χ1) is 16.2. The smallest absolute Gasteiger partial charge is 0.338 e. The number of amides is 2. The molecule has 2 amide bonds. The van der Waals surface area contributed by atoms with Gasteiger partial charge >= 0.3 is 11.9 Å². The normalized spacial score (nSPS) is 20.1. The number of carbonyl (C=O) groups excluding carboxylic acids is 4. The molecule has 0 saturated carbocycles. The first-order valence-corrected chi connectivity index (χ1v) is 11.2. The monoisotopic (exact) mass is 467 g/mol. The molecule has 34 heavy (non-hydrogen) atoms. The van der Waals surface area contributed by atoms with E-state index in [9.17, 15) is 19.2 Å². The van der Waals surface area contributed by atoms with Crippen LogP contribution in [0.25, 0.3) is 0 Å². The van der Waals surface area contributed by atoms with Crippen LogP contribution < -0.4 is 10.6 Å². The van der Waals surface area contributed by atoms with Gasteiger partial charge in [-0.15, -0.1) is 0 Å². The Bertz CT molecular complexity index is 1010. The van der Waals surface area contributed by atoms with E-state index in [0.29, 0.717) is 0 Å². The van der Waals surface area contributed by atoms with Crippen molar-refractivity contribution in [1.29, 1.82) is 0 Å². The molecule has 0 fully saturated rings. The number of rotatable bonds is 2. The van der Waals surface area contributed by atoms with Crippen molar-refractivity contribution in [2.75, 3.05) is 13.2 Å². The molecule has 0 aliphatic carbocycles. The number of hydrogen-bond donors (Lipinski definition) is 2. The van der Waals surface area contributed by atoms with Crippen LogP contribution in [0.1, 0.15) is 69.4 Å². The summed E-state index contributed by atoms with van der Waals surface area (Å²) >= 11 is 0. The Labute approximate surface area is 198 Å². The number of pyridine rings is 1. The van der Waals surface area contributed by atoms with Crippen LogP contribution in [0.5, 0.6) is 0 Å². The molecule has 9 heteroatoms. The van der Waals surface area contributed by atoms with Crippen LogP contribution in [0.15, 0.2) is 42.5 Å². The summed E-state index contributed by atoms with van der Waals surface area (Å²) in [7, 11) is 0. The highest BCUT2D eigenvalue weighted by Crippen LogP contribution is 2.13. The van der Waals surface area contributed by atoms with Gasteiger partial charge in [0.2, 0.25) is 0 Å². The quantitative estimate of drug-likeness (QED) is 0.651. The molecule has 9 nitrogen and oxygen atoms in total. The highest BCUT2D eigenvalue weighted by Gasteiger charge is 2.24. The van der Waals surface area contributed by atoms with Gasteiger partial charge in [-0.2, -0.15) is 0 Å². The summed E-state index contributed by atoms with van der Waals surface area (Å²) < 4.78 is 10.8. The SMILES string of the molecule is CC(C)[C@H]1COC(=O)c2cccc(c2)C(=O)OC[C@H](C(C)C)NC(=O)c2cccc(n2)C(=O)N1. The number of hydrogen-bond acceptors (Lipinski definition) is 7. The average molecular weight is 468 g/mol. The zero-order valence-corrected chi connectivity index (χ0v) is 19.7. The van der Waals surface area contributed by atoms with E-state index in [-0.39, 0.29) is 47.6 Å². The second-order valence-corrected chi connectivity index (χ2v) is 8.83. The second-order valence-electron chi connectivity index (χ2n) is 8.83. The number of ether oxygens (including phenoxy) is 2. The molecule has 2 aromatic rings. The van der Waals surface area contributed by atoms with Crippen molar-refractivity contribution < 1.29 is 28.7 Å². The number of nitrogens with one attached hydrogen (secondary N) is 2. The predicted molar refractivity (Wildman–Crippen MR) is 123 cm³/mol. The number of carbonyl (C=O) groups is 4. The molecule has 0 radical (unpaired) electrons. The summed E-state index contributed by atoms with van der Waals surface area (Å²) in [5, 5.41) is 5.64. The maximum absolute atomic E-state index is 12.8. The summed E-state index contributed by atoms with van der Waals surface area (Å²) in [4.78, 5) is 55.0. The lowest BCUT2D eigenvalue weighted by atomic mass is 10.0. The minimum atomic E-state index is -0.622. The number of cyclic esters (lactones) is 2. The van der Waals surface area contributed by atoms with E-state index in [0.717, 1.165) is 0 Å². The van der Waals surface area contributed by atoms with Gasteiger partial charge in [0.25, 0.3) is 11.8 Å². The summed E-state index contributed by atoms with van der Waals surface area (Å²) in [5.41, 5.74) is 0.497. The fourth-order valence-electron chi connectivity index (χ4n) is 3.24. The summed E-state index contributed by atoms with van der Waals surface area (Å²) in [6.07, 6.45) is 0. The molecule has 3 rings (SSSR count). The lowest BCUT2D eigenvalue weighted by molar-refractivity contribution is 0.0425. The Hall–Kier alpha value is -3.75. The van der Waals surface area contributed by atoms with Crippen molar-refractivity contribution in [3.63, 3.8) is 0 Å². The Morgan fingerprint density at radius 1 is 0.735 bits per heavy atom. The number of benzene rings is 1. The van der Waals surface area contributed by atoms with Crippen LogP contribution in [-0.2, 0) is 9.47 Å². The molecule has 1 aliphatic rings. The van der Waals surface area contributed by atoms with E-state index < -0.39 is 35.8 Å². The van der Waals surface area contributed by atoms with Crippen LogP contribution in [0.2, 0.25) is 0 Å². The molecule has 2 N–H and O–H groups in total. The highest BCUT2D eigenvalue weighted by molar-refractivity contribution is 5.97. The van der Waals surface area contributed by atoms with Gasteiger partial charge in [-0.1, -0.05) is 39.8 Å². The lowest BCUT2D eigenvalue weighted by Gasteiger charge is -2.23. The Morgan fingerprint density at radius 2 is 1.15 bits per heavy atom. The van der Waals surface area contributed by atoms with Crippen LogP contribution in [0.3, 0.4) is 0 Å². The third-order valence-electron chi connectivity index (χ3n) is 5.58. The Morgan fingerprint density at radius 3 is 1.56 bits per heavy atom. The highest BCUT2D eigenvalue weighted by atomic mass is 16.5. The van der Waals surface area contributed by atoms with Crippen molar-refractivity contribution in [1.82, 2.24) is 15.6 Å². The van der Waals surface area contributed by atoms with Gasteiger partial charge < -0.3 is 20.1 Å². The van der Waals surface area contributed by atoms with Crippen molar-refractivity contribution in [3.05, 3.63) is 65.0 Å². The van der Waals surface area contributed by atoms with Crippen molar-refractivity contribution in [3.8, 4) is 0 Å². The maximum atomic E-state index is 12.8. The van der Waals surface area contributed by atoms with E-state index >= 15 is 0 Å². The van der Waals surface area contributed by atoms with Crippen LogP contribution in [-0.4, -0.2) is 54.0 Å². The topological polar surface area (TPSA) is 124 Å². The number of fused-ring (bicyclic) bond motifs is 4. The summed E-state index contributed by atoms with van der Waals surface area (Å²) in [6.45, 7) is 7.37. The molecule has 2 heterocycles. The fraction of sp³-hybridized carbons (Fsp3) is 0.400. The van der Waals surface area contributed by atoms with Gasteiger partial charge in [-0.05, 0) is 42.2 Å². The number of nitrogens with zero attached hydrogens (tertiary/aromatic N) is 1. The molecule has 1 aromatic heterocycles. The molecule has 180 valence electrons. The summed E-state index contributed by atoms with van der Waals surface area (Å²) in [5.74, 6) is -2.32. The third-order valence-corrected chi connectivity index (χ3v) is 5.58. The minimum absolute atomic E-state index is 0.0538. The molecule has 1 aliphatic heterocycles. The average Bonchev–Trinajstić information content (AvgIpc) is 2.82. The maximum Gasteiger partial charge on any atom is 0.338 e. The van der Waals surface area contributed by atoms with E-state index in [1.165, 1.54) is 30.3 Å². The number of aromatic nitrogens is 1. The molecular formula is C25H29N3O6. The van der Waals surface area contributed by atoms with Gasteiger partial charge in [-0.3, -0.25) is 9.59 Å². The molecule has 2 atom stereocenters. The van der Waals surface area contributed by atoms with Gasteiger partial charge in [0.1, 0.15) is 24.6 Å². The molecule has 1 aromatic carbocycles. The lowest BCUT2D eigenvalue weighted by Crippen LogP contribution is -2.44. The Balaban J connectivity index is 1.95. The minimum Gasteiger partial charge on any atom is -0.460 e. The molecule has 0 saturated heterocycles. The summed E-state index contributed by atoms with van der Waals surface area (Å²) in [6, 6.07) is 9.61. The molecule has 4 bridgehead atoms. The van der Waals surface area contributed by atoms with E-state index in [1.807, 2.05) is 27.7 Å². The predicted octanol–water partition coefficient (Wildman–Crippen LogP) is 2.62. The largest absolute Gasteiger partial charge is 0.460 e. The van der Waals surface area contributed by atoms with E-state index in [1.54, 1.807) is 12.1 Å². The zero-order chi connectivity index (χ0) is 24.8. The van der Waals surface area contributed by atoms with E-state index in [4.69, 9.17) is 9.47 Å². The molecular weight excluding hydrogens is 438 g/mol. The standard InChI is InChI=1S/C25H29N3O6/c1-14(2)20-12-33-24(31)16-7-5-8-17(11-16)25(32)34-13-21(15(3)4)28-23(30)19-10-6-9-18(26-19)22(29)27-20/h5-11,14-15,20-21H,12-13H2,1-4H3,(H,27,29)(H,28,30)/t20-,21-/m1/s1. The van der Waals surface area contributed by atoms with Crippen LogP contribution in [0.4, 0.5) is 0 Å². The number of esters is 2.